The number of hydrogen-bond donors (Lipinski definition) is 4. The third kappa shape index (κ3) is 3.54. The van der Waals surface area contributed by atoms with E-state index in [2.05, 4.69) is 26.1 Å². The van der Waals surface area contributed by atoms with Gasteiger partial charge in [-0.05, 0) is 31.2 Å². The molecule has 0 unspecified atom stereocenters. The molecule has 1 heterocycles. The van der Waals surface area contributed by atoms with E-state index in [1.54, 1.807) is 31.4 Å². The average molecular weight is 302 g/mol. The Balaban J connectivity index is 2.02. The van der Waals surface area contributed by atoms with Crippen LogP contribution in [0.4, 0.5) is 17.3 Å². The van der Waals surface area contributed by atoms with Gasteiger partial charge in [-0.3, -0.25) is 15.6 Å². The molecule has 2 aromatic rings. The highest BCUT2D eigenvalue weighted by Gasteiger charge is 2.09. The zero-order chi connectivity index (χ0) is 15.9. The van der Waals surface area contributed by atoms with Crippen LogP contribution in [0.3, 0.4) is 0 Å². The molecule has 2 rings (SSSR count). The maximum Gasteiger partial charge on any atom is 0.269 e. The number of aromatic nitrogens is 2. The Labute approximate surface area is 128 Å². The Hall–Kier alpha value is -3.03. The van der Waals surface area contributed by atoms with Gasteiger partial charge in [0.2, 0.25) is 0 Å². The van der Waals surface area contributed by atoms with Crippen LogP contribution >= 0.6 is 0 Å². The summed E-state index contributed by atoms with van der Waals surface area (Å²) in [4.78, 5) is 20.0. The summed E-state index contributed by atoms with van der Waals surface area (Å²) in [5.74, 6) is 1.21. The lowest BCUT2D eigenvalue weighted by Gasteiger charge is -2.12. The predicted molar refractivity (Wildman–Crippen MR) is 84.7 cm³/mol. The summed E-state index contributed by atoms with van der Waals surface area (Å²) in [6.07, 6.45) is 1.36. The maximum absolute atomic E-state index is 12.0. The van der Waals surface area contributed by atoms with E-state index in [9.17, 15) is 4.79 Å². The Kier molecular flexibility index (Phi) is 4.97. The highest BCUT2D eigenvalue weighted by Crippen LogP contribution is 2.21. The van der Waals surface area contributed by atoms with Crippen molar-refractivity contribution >= 4 is 23.2 Å². The first-order valence-corrected chi connectivity index (χ1v) is 6.70. The number of nitrogens with zero attached hydrogens (tertiary/aromatic N) is 2. The van der Waals surface area contributed by atoms with Gasteiger partial charge in [-0.2, -0.15) is 0 Å². The van der Waals surface area contributed by atoms with Crippen LogP contribution in [0.25, 0.3) is 0 Å². The fourth-order valence-corrected chi connectivity index (χ4v) is 1.73. The SMILES string of the molecule is CCNc1ncnc(NNC(=O)c2ccc(OC)cc2)c1N. The summed E-state index contributed by atoms with van der Waals surface area (Å²) < 4.78 is 5.04. The topological polar surface area (TPSA) is 114 Å². The lowest BCUT2D eigenvalue weighted by atomic mass is 10.2. The molecule has 8 heteroatoms. The number of nitrogens with two attached hydrogens (primary N) is 1. The molecule has 0 aliphatic heterocycles. The molecule has 0 saturated carbocycles. The third-order valence-electron chi connectivity index (χ3n) is 2.87. The number of rotatable bonds is 6. The molecule has 0 saturated heterocycles. The Bertz CT molecular complexity index is 644. The van der Waals surface area contributed by atoms with Crippen LogP contribution in [-0.4, -0.2) is 29.5 Å². The first kappa shape index (κ1) is 15.4. The van der Waals surface area contributed by atoms with Crippen LogP contribution in [0, 0.1) is 0 Å². The van der Waals surface area contributed by atoms with E-state index < -0.39 is 0 Å². The van der Waals surface area contributed by atoms with Crippen molar-refractivity contribution in [3.8, 4) is 5.75 Å². The van der Waals surface area contributed by atoms with Gasteiger partial charge < -0.3 is 15.8 Å². The highest BCUT2D eigenvalue weighted by molar-refractivity contribution is 5.95. The summed E-state index contributed by atoms with van der Waals surface area (Å²) in [7, 11) is 1.57. The zero-order valence-corrected chi connectivity index (χ0v) is 12.4. The van der Waals surface area contributed by atoms with Crippen molar-refractivity contribution in [1.82, 2.24) is 15.4 Å². The molecule has 1 amide bonds. The number of benzene rings is 1. The van der Waals surface area contributed by atoms with Crippen molar-refractivity contribution in [2.45, 2.75) is 6.92 Å². The summed E-state index contributed by atoms with van der Waals surface area (Å²) in [5, 5.41) is 3.01. The Morgan fingerprint density at radius 3 is 2.55 bits per heavy atom. The van der Waals surface area contributed by atoms with Crippen molar-refractivity contribution in [3.63, 3.8) is 0 Å². The number of hydrazine groups is 1. The molecule has 0 spiro atoms. The van der Waals surface area contributed by atoms with Gasteiger partial charge in [0.25, 0.3) is 5.91 Å². The number of nitrogen functional groups attached to an aromatic ring is 1. The van der Waals surface area contributed by atoms with Crippen LogP contribution < -0.4 is 26.6 Å². The number of carbonyl (C=O) groups is 1. The molecule has 0 atom stereocenters. The number of hydrogen-bond acceptors (Lipinski definition) is 7. The largest absolute Gasteiger partial charge is 0.497 e. The van der Waals surface area contributed by atoms with Crippen LogP contribution in [0.1, 0.15) is 17.3 Å². The minimum absolute atomic E-state index is 0.314. The minimum atomic E-state index is -0.314. The van der Waals surface area contributed by atoms with Gasteiger partial charge in [-0.25, -0.2) is 9.97 Å². The number of carbonyl (C=O) groups excluding carboxylic acids is 1. The normalized spacial score (nSPS) is 9.91. The fraction of sp³-hybridized carbons (Fsp3) is 0.214. The van der Waals surface area contributed by atoms with Crippen LogP contribution in [0.15, 0.2) is 30.6 Å². The first-order valence-electron chi connectivity index (χ1n) is 6.70. The van der Waals surface area contributed by atoms with Gasteiger partial charge in [-0.1, -0.05) is 0 Å². The van der Waals surface area contributed by atoms with Crippen LogP contribution in [-0.2, 0) is 0 Å². The van der Waals surface area contributed by atoms with Crippen LogP contribution in [0.2, 0.25) is 0 Å². The third-order valence-corrected chi connectivity index (χ3v) is 2.87. The molecule has 5 N–H and O–H groups in total. The second kappa shape index (κ2) is 7.11. The van der Waals surface area contributed by atoms with Crippen LogP contribution in [0.5, 0.6) is 5.75 Å². The molecule has 0 aliphatic carbocycles. The molecule has 8 nitrogen and oxygen atoms in total. The standard InChI is InChI=1S/C14H18N6O2/c1-3-16-12-11(15)13(18-8-17-12)19-20-14(21)9-4-6-10(22-2)7-5-9/h4-8H,3,15H2,1-2H3,(H,20,21)(H2,16,17,18,19). The molecule has 1 aromatic heterocycles. The zero-order valence-electron chi connectivity index (χ0n) is 12.4. The van der Waals surface area contributed by atoms with E-state index >= 15 is 0 Å². The molecule has 1 aromatic carbocycles. The first-order chi connectivity index (χ1) is 10.7. The Morgan fingerprint density at radius 2 is 1.91 bits per heavy atom. The van der Waals surface area contributed by atoms with Gasteiger partial charge >= 0.3 is 0 Å². The molecule has 22 heavy (non-hydrogen) atoms. The summed E-state index contributed by atoms with van der Waals surface area (Å²) in [5.41, 5.74) is 12.0. The van der Waals surface area contributed by atoms with Crippen molar-refractivity contribution in [3.05, 3.63) is 36.2 Å². The van der Waals surface area contributed by atoms with Crippen molar-refractivity contribution in [2.75, 3.05) is 30.1 Å². The number of anilines is 3. The van der Waals surface area contributed by atoms with Crippen molar-refractivity contribution < 1.29 is 9.53 Å². The maximum atomic E-state index is 12.0. The van der Waals surface area contributed by atoms with Crippen molar-refractivity contribution in [2.24, 2.45) is 0 Å². The predicted octanol–water partition coefficient (Wildman–Crippen LogP) is 1.26. The summed E-state index contributed by atoms with van der Waals surface area (Å²) >= 11 is 0. The van der Waals surface area contributed by atoms with E-state index in [1.165, 1.54) is 6.33 Å². The van der Waals surface area contributed by atoms with E-state index in [0.717, 1.165) is 0 Å². The molecule has 0 bridgehead atoms. The number of amides is 1. The number of methoxy groups -OCH3 is 1. The molecule has 0 fully saturated rings. The lowest BCUT2D eigenvalue weighted by molar-refractivity contribution is 0.0962. The summed E-state index contributed by atoms with van der Waals surface area (Å²) in [6, 6.07) is 6.72. The van der Waals surface area contributed by atoms with Gasteiger partial charge in [-0.15, -0.1) is 0 Å². The van der Waals surface area contributed by atoms with Gasteiger partial charge in [0, 0.05) is 12.1 Å². The van der Waals surface area contributed by atoms with Gasteiger partial charge in [0.05, 0.1) is 7.11 Å². The molecular weight excluding hydrogens is 284 g/mol. The van der Waals surface area contributed by atoms with Gasteiger partial charge in [0.1, 0.15) is 17.8 Å². The second-order valence-corrected chi connectivity index (χ2v) is 4.32. The van der Waals surface area contributed by atoms with E-state index in [4.69, 9.17) is 10.5 Å². The monoisotopic (exact) mass is 302 g/mol. The molecule has 0 radical (unpaired) electrons. The number of ether oxygens (including phenoxy) is 1. The van der Waals surface area contributed by atoms with E-state index in [1.807, 2.05) is 6.92 Å². The Morgan fingerprint density at radius 1 is 1.23 bits per heavy atom. The average Bonchev–Trinajstić information content (AvgIpc) is 2.55. The highest BCUT2D eigenvalue weighted by atomic mass is 16.5. The minimum Gasteiger partial charge on any atom is -0.497 e. The molecular formula is C14H18N6O2. The quantitative estimate of drug-likeness (QED) is 0.594. The smallest absolute Gasteiger partial charge is 0.269 e. The lowest BCUT2D eigenvalue weighted by Crippen LogP contribution is -2.30. The molecule has 0 aliphatic rings. The summed E-state index contributed by atoms with van der Waals surface area (Å²) in [6.45, 7) is 2.61. The van der Waals surface area contributed by atoms with Crippen molar-refractivity contribution in [1.29, 1.82) is 0 Å². The van der Waals surface area contributed by atoms with Gasteiger partial charge in [0.15, 0.2) is 11.6 Å². The fourth-order valence-electron chi connectivity index (χ4n) is 1.73. The van der Waals surface area contributed by atoms with E-state index in [-0.39, 0.29) is 5.91 Å². The second-order valence-electron chi connectivity index (χ2n) is 4.32. The number of nitrogens with one attached hydrogen (secondary N) is 3. The molecule has 116 valence electrons. The van der Waals surface area contributed by atoms with E-state index in [0.29, 0.717) is 35.2 Å².